The SMILES string of the molecule is O=C(c1cc(Cl)ccc1[N+](=O)[O-])N1CCN(CCn2ccnc2)CC1. The van der Waals surface area contributed by atoms with Crippen molar-refractivity contribution in [2.75, 3.05) is 32.7 Å². The van der Waals surface area contributed by atoms with E-state index in [0.717, 1.165) is 26.2 Å². The lowest BCUT2D eigenvalue weighted by molar-refractivity contribution is -0.385. The van der Waals surface area contributed by atoms with Crippen LogP contribution in [0.1, 0.15) is 10.4 Å². The molecule has 1 aromatic carbocycles. The summed E-state index contributed by atoms with van der Waals surface area (Å²) in [5.74, 6) is -0.344. The Balaban J connectivity index is 1.60. The van der Waals surface area contributed by atoms with Gasteiger partial charge in [0.25, 0.3) is 11.6 Å². The smallest absolute Gasteiger partial charge is 0.282 e. The van der Waals surface area contributed by atoms with Crippen molar-refractivity contribution in [2.45, 2.75) is 6.54 Å². The molecular formula is C16H18ClN5O3. The number of benzene rings is 1. The predicted octanol–water partition coefficient (Wildman–Crippen LogP) is 1.90. The summed E-state index contributed by atoms with van der Waals surface area (Å²) in [6.45, 7) is 4.24. The van der Waals surface area contributed by atoms with Gasteiger partial charge in [-0.2, -0.15) is 0 Å². The van der Waals surface area contributed by atoms with Crippen molar-refractivity contribution >= 4 is 23.2 Å². The van der Waals surface area contributed by atoms with Gasteiger partial charge in [-0.3, -0.25) is 19.8 Å². The summed E-state index contributed by atoms with van der Waals surface area (Å²) >= 11 is 5.91. The molecule has 9 heteroatoms. The standard InChI is InChI=1S/C16H18ClN5O3/c17-13-1-2-15(22(24)25)14(11-13)16(23)21-9-7-19(8-10-21)5-6-20-4-3-18-12-20/h1-4,11-12H,5-10H2. The highest BCUT2D eigenvalue weighted by Crippen LogP contribution is 2.24. The fourth-order valence-corrected chi connectivity index (χ4v) is 3.03. The average molecular weight is 364 g/mol. The van der Waals surface area contributed by atoms with Gasteiger partial charge in [0, 0.05) is 62.8 Å². The second-order valence-electron chi connectivity index (χ2n) is 5.85. The topological polar surface area (TPSA) is 84.5 Å². The Hall–Kier alpha value is -2.45. The van der Waals surface area contributed by atoms with Crippen LogP contribution in [0.3, 0.4) is 0 Å². The number of nitro benzene ring substituents is 1. The Morgan fingerprint density at radius 3 is 2.64 bits per heavy atom. The average Bonchev–Trinajstić information content (AvgIpc) is 3.13. The molecule has 2 aromatic rings. The number of rotatable bonds is 5. The van der Waals surface area contributed by atoms with E-state index in [1.165, 1.54) is 18.2 Å². The van der Waals surface area contributed by atoms with E-state index in [1.807, 2.05) is 10.8 Å². The molecule has 0 saturated carbocycles. The van der Waals surface area contributed by atoms with Gasteiger partial charge in [0.2, 0.25) is 0 Å². The van der Waals surface area contributed by atoms with Crippen LogP contribution in [-0.4, -0.2) is 62.9 Å². The maximum atomic E-state index is 12.7. The predicted molar refractivity (Wildman–Crippen MR) is 92.7 cm³/mol. The van der Waals surface area contributed by atoms with E-state index >= 15 is 0 Å². The van der Waals surface area contributed by atoms with Gasteiger partial charge in [-0.1, -0.05) is 11.6 Å². The van der Waals surface area contributed by atoms with Gasteiger partial charge in [0.1, 0.15) is 5.56 Å². The number of hydrogen-bond acceptors (Lipinski definition) is 5. The summed E-state index contributed by atoms with van der Waals surface area (Å²) in [7, 11) is 0. The molecule has 1 aliphatic heterocycles. The first kappa shape index (κ1) is 17.4. The van der Waals surface area contributed by atoms with Gasteiger partial charge in [-0.25, -0.2) is 4.98 Å². The van der Waals surface area contributed by atoms with Crippen molar-refractivity contribution < 1.29 is 9.72 Å². The summed E-state index contributed by atoms with van der Waals surface area (Å²) < 4.78 is 2.01. The molecule has 1 saturated heterocycles. The third-order valence-electron chi connectivity index (χ3n) is 4.28. The van der Waals surface area contributed by atoms with Crippen LogP contribution < -0.4 is 0 Å². The van der Waals surface area contributed by atoms with E-state index in [9.17, 15) is 14.9 Å². The molecule has 0 unspecified atom stereocenters. The molecule has 0 N–H and O–H groups in total. The number of aromatic nitrogens is 2. The minimum Gasteiger partial charge on any atom is -0.336 e. The van der Waals surface area contributed by atoms with Gasteiger partial charge in [-0.05, 0) is 12.1 Å². The number of hydrogen-bond donors (Lipinski definition) is 0. The van der Waals surface area contributed by atoms with Crippen molar-refractivity contribution in [3.8, 4) is 0 Å². The maximum absolute atomic E-state index is 12.7. The minimum absolute atomic E-state index is 0.0457. The summed E-state index contributed by atoms with van der Waals surface area (Å²) in [5, 5.41) is 11.5. The van der Waals surface area contributed by atoms with E-state index in [-0.39, 0.29) is 17.2 Å². The zero-order valence-electron chi connectivity index (χ0n) is 13.5. The number of carbonyl (C=O) groups excluding carboxylic acids is 1. The van der Waals surface area contributed by atoms with Gasteiger partial charge < -0.3 is 9.47 Å². The molecule has 0 spiro atoms. The molecule has 1 fully saturated rings. The van der Waals surface area contributed by atoms with Gasteiger partial charge >= 0.3 is 0 Å². The van der Waals surface area contributed by atoms with E-state index in [4.69, 9.17) is 11.6 Å². The Bertz CT molecular complexity index is 757. The Kier molecular flexibility index (Phi) is 5.30. The highest BCUT2D eigenvalue weighted by molar-refractivity contribution is 6.31. The van der Waals surface area contributed by atoms with Crippen LogP contribution in [0.4, 0.5) is 5.69 Å². The van der Waals surface area contributed by atoms with E-state index in [0.29, 0.717) is 18.1 Å². The molecule has 0 bridgehead atoms. The van der Waals surface area contributed by atoms with Crippen molar-refractivity contribution in [3.05, 3.63) is 57.6 Å². The Morgan fingerprint density at radius 2 is 2.00 bits per heavy atom. The number of carbonyl (C=O) groups is 1. The molecule has 8 nitrogen and oxygen atoms in total. The molecule has 132 valence electrons. The first-order valence-electron chi connectivity index (χ1n) is 7.96. The fraction of sp³-hybridized carbons (Fsp3) is 0.375. The zero-order valence-corrected chi connectivity index (χ0v) is 14.3. The summed E-state index contributed by atoms with van der Waals surface area (Å²) in [6.07, 6.45) is 5.44. The normalized spacial score (nSPS) is 15.3. The molecule has 1 aliphatic rings. The lowest BCUT2D eigenvalue weighted by atomic mass is 10.1. The van der Waals surface area contributed by atoms with Crippen LogP contribution >= 0.6 is 11.6 Å². The lowest BCUT2D eigenvalue weighted by Crippen LogP contribution is -2.49. The summed E-state index contributed by atoms with van der Waals surface area (Å²) in [5.41, 5.74) is -0.165. The van der Waals surface area contributed by atoms with E-state index in [1.54, 1.807) is 17.4 Å². The Morgan fingerprint density at radius 1 is 1.24 bits per heavy atom. The van der Waals surface area contributed by atoms with Crippen LogP contribution in [0.25, 0.3) is 0 Å². The number of imidazole rings is 1. The lowest BCUT2D eigenvalue weighted by Gasteiger charge is -2.34. The Labute approximate surface area is 149 Å². The maximum Gasteiger partial charge on any atom is 0.282 e. The second kappa shape index (κ2) is 7.62. The molecule has 3 rings (SSSR count). The highest BCUT2D eigenvalue weighted by Gasteiger charge is 2.27. The summed E-state index contributed by atoms with van der Waals surface area (Å²) in [4.78, 5) is 31.2. The number of nitrogens with zero attached hydrogens (tertiary/aromatic N) is 5. The molecule has 0 radical (unpaired) electrons. The number of amides is 1. The first-order valence-corrected chi connectivity index (χ1v) is 8.33. The van der Waals surface area contributed by atoms with Gasteiger partial charge in [0.15, 0.2) is 0 Å². The van der Waals surface area contributed by atoms with Crippen LogP contribution in [0.2, 0.25) is 5.02 Å². The number of piperazine rings is 1. The molecule has 2 heterocycles. The van der Waals surface area contributed by atoms with E-state index < -0.39 is 4.92 Å². The first-order chi connectivity index (χ1) is 12.0. The molecule has 1 aromatic heterocycles. The third-order valence-corrected chi connectivity index (χ3v) is 4.51. The molecule has 0 atom stereocenters. The largest absolute Gasteiger partial charge is 0.336 e. The van der Waals surface area contributed by atoms with Crippen molar-refractivity contribution in [3.63, 3.8) is 0 Å². The van der Waals surface area contributed by atoms with Crippen LogP contribution in [0.15, 0.2) is 36.9 Å². The molecular weight excluding hydrogens is 346 g/mol. The van der Waals surface area contributed by atoms with Crippen LogP contribution in [-0.2, 0) is 6.54 Å². The molecule has 0 aliphatic carbocycles. The fourth-order valence-electron chi connectivity index (χ4n) is 2.86. The third kappa shape index (κ3) is 4.15. The van der Waals surface area contributed by atoms with Crippen LogP contribution in [0.5, 0.6) is 0 Å². The second-order valence-corrected chi connectivity index (χ2v) is 6.29. The zero-order chi connectivity index (χ0) is 17.8. The molecule has 1 amide bonds. The van der Waals surface area contributed by atoms with Crippen LogP contribution in [0, 0.1) is 10.1 Å². The van der Waals surface area contributed by atoms with E-state index in [2.05, 4.69) is 9.88 Å². The highest BCUT2D eigenvalue weighted by atomic mass is 35.5. The van der Waals surface area contributed by atoms with Crippen molar-refractivity contribution in [2.24, 2.45) is 0 Å². The quantitative estimate of drug-likeness (QED) is 0.598. The number of halogens is 1. The van der Waals surface area contributed by atoms with Crippen molar-refractivity contribution in [1.29, 1.82) is 0 Å². The monoisotopic (exact) mass is 363 g/mol. The van der Waals surface area contributed by atoms with Crippen molar-refractivity contribution in [1.82, 2.24) is 19.4 Å². The summed E-state index contributed by atoms with van der Waals surface area (Å²) in [6, 6.07) is 4.06. The number of nitro groups is 1. The van der Waals surface area contributed by atoms with Gasteiger partial charge in [-0.15, -0.1) is 0 Å². The molecule has 25 heavy (non-hydrogen) atoms. The van der Waals surface area contributed by atoms with Gasteiger partial charge in [0.05, 0.1) is 11.3 Å². The minimum atomic E-state index is -0.551.